The first-order chi connectivity index (χ1) is 15.6. The first kappa shape index (κ1) is 21.4. The van der Waals surface area contributed by atoms with E-state index in [0.717, 1.165) is 65.9 Å². The third-order valence-corrected chi connectivity index (χ3v) is 6.74. The average molecular weight is 452 g/mol. The number of halogens is 1. The molecule has 6 nitrogen and oxygen atoms in total. The van der Waals surface area contributed by atoms with Crippen molar-refractivity contribution >= 4 is 29.1 Å². The fraction of sp³-hybridized carbons (Fsp3) is 0.480. The second kappa shape index (κ2) is 9.20. The van der Waals surface area contributed by atoms with E-state index in [1.807, 2.05) is 24.4 Å². The van der Waals surface area contributed by atoms with Crippen molar-refractivity contribution in [2.45, 2.75) is 64.8 Å². The van der Waals surface area contributed by atoms with Gasteiger partial charge in [-0.3, -0.25) is 4.98 Å². The molecule has 0 saturated heterocycles. The second-order valence-corrected chi connectivity index (χ2v) is 9.56. The Balaban J connectivity index is 1.51. The van der Waals surface area contributed by atoms with E-state index in [1.165, 1.54) is 11.3 Å². The zero-order valence-corrected chi connectivity index (χ0v) is 19.5. The van der Waals surface area contributed by atoms with Crippen LogP contribution in [-0.4, -0.2) is 28.7 Å². The van der Waals surface area contributed by atoms with Crippen molar-refractivity contribution in [3.05, 3.63) is 57.5 Å². The van der Waals surface area contributed by atoms with E-state index in [1.54, 1.807) is 0 Å². The van der Waals surface area contributed by atoms with Gasteiger partial charge in [0.1, 0.15) is 0 Å². The third kappa shape index (κ3) is 4.39. The molecule has 3 aliphatic rings. The summed E-state index contributed by atoms with van der Waals surface area (Å²) in [5, 5.41) is 12.1. The molecule has 168 valence electrons. The Morgan fingerprint density at radius 2 is 2.06 bits per heavy atom. The van der Waals surface area contributed by atoms with Crippen LogP contribution in [0.4, 0.5) is 5.69 Å². The van der Waals surface area contributed by atoms with Crippen LogP contribution in [0.2, 0.25) is 0 Å². The van der Waals surface area contributed by atoms with Crippen molar-refractivity contribution in [3.63, 3.8) is 0 Å². The molecule has 0 atom stereocenters. The predicted molar refractivity (Wildman–Crippen MR) is 128 cm³/mol. The lowest BCUT2D eigenvalue weighted by Crippen LogP contribution is -2.29. The van der Waals surface area contributed by atoms with Gasteiger partial charge in [0, 0.05) is 29.3 Å². The fourth-order valence-corrected chi connectivity index (χ4v) is 5.26. The highest BCUT2D eigenvalue weighted by Gasteiger charge is 2.29. The van der Waals surface area contributed by atoms with Gasteiger partial charge in [0.2, 0.25) is 0 Å². The standard InChI is InChI=1S/C25H30ClN5O/c1-16(2)32-20-8-6-17(7-9-20)23-24-21(14-28-30-23)25-22(29-24)13-18(26)10-12-31(25)15-19-5-3-4-11-27-19/h3-5,10-11,13,16-17,20,29H,6-9,12,14-15H2,1-2H3. The fourth-order valence-electron chi connectivity index (χ4n) is 5.08. The third-order valence-electron chi connectivity index (χ3n) is 6.48. The summed E-state index contributed by atoms with van der Waals surface area (Å²) in [6, 6.07) is 6.04. The summed E-state index contributed by atoms with van der Waals surface area (Å²) in [4.78, 5) is 10.5. The number of anilines is 1. The lowest BCUT2D eigenvalue weighted by Gasteiger charge is -2.30. The molecule has 2 aliphatic heterocycles. The van der Waals surface area contributed by atoms with Crippen LogP contribution in [0.5, 0.6) is 0 Å². The highest BCUT2D eigenvalue weighted by molar-refractivity contribution is 6.34. The summed E-state index contributed by atoms with van der Waals surface area (Å²) < 4.78 is 6.05. The number of ether oxygens (including phenoxy) is 1. The smallest absolute Gasteiger partial charge is 0.0895 e. The van der Waals surface area contributed by atoms with Crippen molar-refractivity contribution in [2.24, 2.45) is 16.1 Å². The molecule has 2 aromatic rings. The van der Waals surface area contributed by atoms with Crippen LogP contribution in [-0.2, 0) is 17.8 Å². The van der Waals surface area contributed by atoms with E-state index in [0.29, 0.717) is 18.6 Å². The van der Waals surface area contributed by atoms with Gasteiger partial charge in [0.15, 0.2) is 0 Å². The summed E-state index contributed by atoms with van der Waals surface area (Å²) in [7, 11) is 0. The Morgan fingerprint density at radius 3 is 2.81 bits per heavy atom. The largest absolute Gasteiger partial charge is 0.376 e. The van der Waals surface area contributed by atoms with Crippen LogP contribution in [0.25, 0.3) is 11.8 Å². The molecular weight excluding hydrogens is 422 g/mol. The Labute approximate surface area is 193 Å². The zero-order valence-electron chi connectivity index (χ0n) is 18.7. The number of pyridine rings is 1. The van der Waals surface area contributed by atoms with Crippen LogP contribution < -0.4 is 15.6 Å². The molecule has 5 rings (SSSR count). The van der Waals surface area contributed by atoms with E-state index in [4.69, 9.17) is 16.3 Å². The minimum atomic E-state index is 0.280. The molecule has 1 saturated carbocycles. The molecule has 0 aromatic carbocycles. The van der Waals surface area contributed by atoms with Crippen LogP contribution in [0.3, 0.4) is 0 Å². The Hall–Kier alpha value is -2.44. The van der Waals surface area contributed by atoms with Crippen molar-refractivity contribution in [2.75, 3.05) is 11.4 Å². The van der Waals surface area contributed by atoms with E-state index >= 15 is 0 Å². The maximum absolute atomic E-state index is 6.50. The van der Waals surface area contributed by atoms with E-state index < -0.39 is 0 Å². The number of aromatic nitrogens is 2. The van der Waals surface area contributed by atoms with Gasteiger partial charge in [-0.2, -0.15) is 10.2 Å². The second-order valence-electron chi connectivity index (χ2n) is 9.12. The summed E-state index contributed by atoms with van der Waals surface area (Å²) in [5.41, 5.74) is 4.52. The molecule has 32 heavy (non-hydrogen) atoms. The Kier molecular flexibility index (Phi) is 6.15. The molecule has 7 heteroatoms. The Morgan fingerprint density at radius 1 is 1.22 bits per heavy atom. The van der Waals surface area contributed by atoms with Crippen LogP contribution in [0.1, 0.15) is 50.8 Å². The molecule has 0 spiro atoms. The molecule has 0 radical (unpaired) electrons. The predicted octanol–water partition coefficient (Wildman–Crippen LogP) is 4.39. The molecule has 4 heterocycles. The highest BCUT2D eigenvalue weighted by Crippen LogP contribution is 2.34. The molecule has 0 amide bonds. The van der Waals surface area contributed by atoms with E-state index in [2.05, 4.69) is 51.1 Å². The van der Waals surface area contributed by atoms with Gasteiger partial charge in [-0.15, -0.1) is 0 Å². The van der Waals surface area contributed by atoms with Crippen LogP contribution in [0.15, 0.2) is 45.7 Å². The number of H-pyrrole nitrogens is 1. The number of allylic oxidation sites excluding steroid dienone is 1. The molecular formula is C25H30ClN5O. The number of nitrogens with zero attached hydrogens (tertiary/aromatic N) is 4. The van der Waals surface area contributed by atoms with Gasteiger partial charge in [-0.1, -0.05) is 17.7 Å². The molecule has 0 unspecified atom stereocenters. The highest BCUT2D eigenvalue weighted by atomic mass is 35.5. The van der Waals surface area contributed by atoms with Gasteiger partial charge in [0.05, 0.1) is 53.1 Å². The summed E-state index contributed by atoms with van der Waals surface area (Å²) in [5.74, 6) is 0.405. The number of rotatable bonds is 5. The minimum absolute atomic E-state index is 0.280. The lowest BCUT2D eigenvalue weighted by molar-refractivity contribution is -0.0161. The van der Waals surface area contributed by atoms with Crippen LogP contribution in [0, 0.1) is 5.92 Å². The lowest BCUT2D eigenvalue weighted by atomic mass is 9.84. The maximum atomic E-state index is 6.50. The summed E-state index contributed by atoms with van der Waals surface area (Å²) in [6.07, 6.45) is 10.9. The van der Waals surface area contributed by atoms with Crippen molar-refractivity contribution < 1.29 is 4.74 Å². The number of azo groups is 1. The Bertz CT molecular complexity index is 1140. The first-order valence-corrected chi connectivity index (χ1v) is 12.0. The van der Waals surface area contributed by atoms with Crippen molar-refractivity contribution in [1.29, 1.82) is 0 Å². The van der Waals surface area contributed by atoms with Gasteiger partial charge >= 0.3 is 0 Å². The molecule has 2 aromatic heterocycles. The quantitative estimate of drug-likeness (QED) is 0.733. The number of aromatic amines is 1. The number of hydrogen-bond acceptors (Lipinski definition) is 5. The van der Waals surface area contributed by atoms with Gasteiger partial charge < -0.3 is 14.6 Å². The van der Waals surface area contributed by atoms with Gasteiger partial charge in [-0.05, 0) is 63.8 Å². The average Bonchev–Trinajstić information content (AvgIpc) is 3.07. The van der Waals surface area contributed by atoms with Gasteiger partial charge in [0.25, 0.3) is 0 Å². The van der Waals surface area contributed by atoms with Crippen LogP contribution >= 0.6 is 11.6 Å². The SMILES string of the molecule is CC(C)OC1CCC(C2=c3[nH]c4c(c3CN=N2)N(Cc2ccccn2)CC=C(Cl)C=4)CC1. The molecule has 1 N–H and O–H groups in total. The van der Waals surface area contributed by atoms with E-state index in [9.17, 15) is 0 Å². The monoisotopic (exact) mass is 451 g/mol. The maximum Gasteiger partial charge on any atom is 0.0895 e. The normalized spacial score (nSPS) is 22.8. The van der Waals surface area contributed by atoms with Gasteiger partial charge in [-0.25, -0.2) is 0 Å². The number of hydrogen-bond donors (Lipinski definition) is 1. The molecule has 1 fully saturated rings. The van der Waals surface area contributed by atoms with Crippen molar-refractivity contribution in [1.82, 2.24) is 9.97 Å². The zero-order chi connectivity index (χ0) is 22.1. The summed E-state index contributed by atoms with van der Waals surface area (Å²) >= 11 is 6.50. The number of fused-ring (bicyclic) bond motifs is 3. The first-order valence-electron chi connectivity index (χ1n) is 11.6. The van der Waals surface area contributed by atoms with Crippen molar-refractivity contribution in [3.8, 4) is 0 Å². The molecule has 0 bridgehead atoms. The minimum Gasteiger partial charge on any atom is -0.376 e. The van der Waals surface area contributed by atoms with E-state index in [-0.39, 0.29) is 6.10 Å². The topological polar surface area (TPSA) is 65.9 Å². The molecule has 1 aliphatic carbocycles. The summed E-state index contributed by atoms with van der Waals surface area (Å²) in [6.45, 7) is 6.26. The number of nitrogens with one attached hydrogen (secondary N) is 1.